The van der Waals surface area contributed by atoms with E-state index >= 15 is 0 Å². The number of nitrogens with two attached hydrogens (primary N) is 1. The lowest BCUT2D eigenvalue weighted by Gasteiger charge is -2.33. The van der Waals surface area contributed by atoms with Gasteiger partial charge in [-0.1, -0.05) is 18.2 Å². The van der Waals surface area contributed by atoms with Crippen LogP contribution in [0.1, 0.15) is 24.0 Å². The smallest absolute Gasteiger partial charge is 0.383 e. The first kappa shape index (κ1) is 16.8. The number of halogens is 3. The molecule has 1 fully saturated rings. The topological polar surface area (TPSA) is 66.6 Å². The molecule has 122 valence electrons. The monoisotopic (exact) mass is 316 g/mol. The second-order valence-electron chi connectivity index (χ2n) is 5.66. The molecule has 2 rings (SSSR count). The van der Waals surface area contributed by atoms with E-state index in [1.807, 2.05) is 4.90 Å². The summed E-state index contributed by atoms with van der Waals surface area (Å²) in [4.78, 5) is 13.0. The molecule has 0 spiro atoms. The van der Waals surface area contributed by atoms with Gasteiger partial charge in [-0.3, -0.25) is 9.69 Å². The van der Waals surface area contributed by atoms with Crippen LogP contribution in [0, 0.1) is 5.92 Å². The van der Waals surface area contributed by atoms with Crippen molar-refractivity contribution in [2.45, 2.75) is 31.7 Å². The number of nitrogens with zero attached hydrogens (tertiary/aromatic N) is 1. The van der Waals surface area contributed by atoms with Crippen LogP contribution in [-0.4, -0.2) is 35.1 Å². The van der Waals surface area contributed by atoms with Gasteiger partial charge in [-0.2, -0.15) is 13.2 Å². The Balaban J connectivity index is 1.93. The highest BCUT2D eigenvalue weighted by Gasteiger charge is 2.31. The zero-order chi connectivity index (χ0) is 16.3. The first-order chi connectivity index (χ1) is 10.3. The van der Waals surface area contributed by atoms with Crippen LogP contribution in [0.3, 0.4) is 0 Å². The Kier molecular flexibility index (Phi) is 5.08. The highest BCUT2D eigenvalue weighted by atomic mass is 19.4. The molecule has 0 aromatic heterocycles. The number of aliphatic hydroxyl groups is 1. The Morgan fingerprint density at radius 3 is 2.55 bits per heavy atom. The molecule has 7 heteroatoms. The number of aliphatic hydroxyl groups excluding tert-OH is 1. The number of hydrogen-bond acceptors (Lipinski definition) is 3. The molecule has 1 saturated heterocycles. The van der Waals surface area contributed by atoms with Crippen molar-refractivity contribution in [2.24, 2.45) is 11.7 Å². The fourth-order valence-electron chi connectivity index (χ4n) is 2.76. The first-order valence-corrected chi connectivity index (χ1v) is 7.13. The molecule has 1 aromatic carbocycles. The minimum absolute atomic E-state index is 0.171. The summed E-state index contributed by atoms with van der Waals surface area (Å²) < 4.78 is 38.0. The summed E-state index contributed by atoms with van der Waals surface area (Å²) in [5.74, 6) is -0.897. The molecule has 1 heterocycles. The van der Waals surface area contributed by atoms with Crippen molar-refractivity contribution in [3.8, 4) is 0 Å². The van der Waals surface area contributed by atoms with Gasteiger partial charge in [-0.15, -0.1) is 0 Å². The number of alkyl halides is 3. The lowest BCUT2D eigenvalue weighted by Crippen LogP contribution is -2.42. The normalized spacial score (nSPS) is 19.1. The average Bonchev–Trinajstić information content (AvgIpc) is 2.46. The number of primary amides is 1. The number of amides is 1. The molecule has 3 N–H and O–H groups in total. The summed E-state index contributed by atoms with van der Waals surface area (Å²) in [5, 5.41) is 9.64. The second-order valence-corrected chi connectivity index (χ2v) is 5.66. The Hall–Kier alpha value is -1.60. The van der Waals surface area contributed by atoms with Crippen LogP contribution in [0.5, 0.6) is 0 Å². The van der Waals surface area contributed by atoms with Gasteiger partial charge < -0.3 is 10.8 Å². The molecule has 1 atom stereocenters. The quantitative estimate of drug-likeness (QED) is 0.889. The Morgan fingerprint density at radius 2 is 2.00 bits per heavy atom. The second kappa shape index (κ2) is 6.66. The van der Waals surface area contributed by atoms with Crippen molar-refractivity contribution in [3.05, 3.63) is 35.4 Å². The zero-order valence-electron chi connectivity index (χ0n) is 12.0. The molecular formula is C15H19F3N2O2. The third-order valence-corrected chi connectivity index (χ3v) is 4.03. The molecule has 22 heavy (non-hydrogen) atoms. The van der Waals surface area contributed by atoms with E-state index in [1.165, 1.54) is 6.07 Å². The van der Waals surface area contributed by atoms with E-state index in [0.717, 1.165) is 12.1 Å². The minimum Gasteiger partial charge on any atom is -0.383 e. The van der Waals surface area contributed by atoms with Gasteiger partial charge in [-0.05, 0) is 43.5 Å². The number of piperidine rings is 1. The van der Waals surface area contributed by atoms with Crippen molar-refractivity contribution in [2.75, 3.05) is 13.1 Å². The van der Waals surface area contributed by atoms with Crippen LogP contribution in [0.25, 0.3) is 0 Å². The number of likely N-dealkylation sites (tertiary alicyclic amines) is 1. The SMILES string of the molecule is NC(=O)[C@@H](O)C1CCN(Cc2cccc(C(F)(F)F)c2)CC1. The first-order valence-electron chi connectivity index (χ1n) is 7.13. The van der Waals surface area contributed by atoms with Crippen LogP contribution in [0.15, 0.2) is 24.3 Å². The molecule has 0 unspecified atom stereocenters. The van der Waals surface area contributed by atoms with Crippen LogP contribution in [0.2, 0.25) is 0 Å². The number of rotatable bonds is 4. The molecule has 1 aliphatic heterocycles. The van der Waals surface area contributed by atoms with Gasteiger partial charge in [-0.25, -0.2) is 0 Å². The zero-order valence-corrected chi connectivity index (χ0v) is 12.0. The van der Waals surface area contributed by atoms with Gasteiger partial charge in [0.25, 0.3) is 0 Å². The summed E-state index contributed by atoms with van der Waals surface area (Å²) >= 11 is 0. The lowest BCUT2D eigenvalue weighted by molar-refractivity contribution is -0.137. The minimum atomic E-state index is -4.34. The average molecular weight is 316 g/mol. The molecule has 1 aliphatic rings. The Labute approximate surface area is 126 Å². The summed E-state index contributed by atoms with van der Waals surface area (Å²) in [6.45, 7) is 1.65. The molecule has 0 radical (unpaired) electrons. The maximum absolute atomic E-state index is 12.7. The highest BCUT2D eigenvalue weighted by Crippen LogP contribution is 2.30. The van der Waals surface area contributed by atoms with E-state index in [-0.39, 0.29) is 5.92 Å². The van der Waals surface area contributed by atoms with Gasteiger partial charge in [0.1, 0.15) is 6.10 Å². The molecule has 1 amide bonds. The molecule has 0 bridgehead atoms. The van der Waals surface area contributed by atoms with Gasteiger partial charge in [0, 0.05) is 6.54 Å². The van der Waals surface area contributed by atoms with Gasteiger partial charge in [0.05, 0.1) is 5.56 Å². The van der Waals surface area contributed by atoms with Gasteiger partial charge in [0.2, 0.25) is 5.91 Å². The predicted octanol–water partition coefficient (Wildman–Crippen LogP) is 1.76. The molecule has 0 saturated carbocycles. The lowest BCUT2D eigenvalue weighted by atomic mass is 9.90. The predicted molar refractivity (Wildman–Crippen MR) is 74.6 cm³/mol. The molecule has 4 nitrogen and oxygen atoms in total. The third kappa shape index (κ3) is 4.20. The van der Waals surface area contributed by atoms with Crippen LogP contribution in [0.4, 0.5) is 13.2 Å². The van der Waals surface area contributed by atoms with Gasteiger partial charge >= 0.3 is 6.18 Å². The Bertz CT molecular complexity index is 526. The van der Waals surface area contributed by atoms with Crippen molar-refractivity contribution in [1.29, 1.82) is 0 Å². The fraction of sp³-hybridized carbons (Fsp3) is 0.533. The van der Waals surface area contributed by atoms with Crippen molar-refractivity contribution in [3.63, 3.8) is 0 Å². The van der Waals surface area contributed by atoms with Crippen LogP contribution < -0.4 is 5.73 Å². The van der Waals surface area contributed by atoms with Crippen LogP contribution in [-0.2, 0) is 17.5 Å². The number of benzene rings is 1. The summed E-state index contributed by atoms with van der Waals surface area (Å²) in [5.41, 5.74) is 5.02. The number of carbonyl (C=O) groups excluding carboxylic acids is 1. The van der Waals surface area contributed by atoms with E-state index in [4.69, 9.17) is 5.73 Å². The van der Waals surface area contributed by atoms with Gasteiger partial charge in [0.15, 0.2) is 0 Å². The summed E-state index contributed by atoms with van der Waals surface area (Å²) in [6, 6.07) is 5.28. The van der Waals surface area contributed by atoms with E-state index in [2.05, 4.69) is 0 Å². The third-order valence-electron chi connectivity index (χ3n) is 4.03. The van der Waals surface area contributed by atoms with E-state index < -0.39 is 23.8 Å². The number of carbonyl (C=O) groups is 1. The maximum atomic E-state index is 12.7. The highest BCUT2D eigenvalue weighted by molar-refractivity contribution is 5.78. The van der Waals surface area contributed by atoms with Crippen molar-refractivity contribution >= 4 is 5.91 Å². The van der Waals surface area contributed by atoms with Crippen molar-refractivity contribution in [1.82, 2.24) is 4.90 Å². The molecule has 1 aromatic rings. The van der Waals surface area contributed by atoms with E-state index in [0.29, 0.717) is 38.0 Å². The molecule has 0 aliphatic carbocycles. The van der Waals surface area contributed by atoms with E-state index in [9.17, 15) is 23.1 Å². The maximum Gasteiger partial charge on any atom is 0.416 e. The van der Waals surface area contributed by atoms with Crippen molar-refractivity contribution < 1.29 is 23.1 Å². The summed E-state index contributed by atoms with van der Waals surface area (Å²) in [7, 11) is 0. The fourth-order valence-corrected chi connectivity index (χ4v) is 2.76. The molecular weight excluding hydrogens is 297 g/mol. The Morgan fingerprint density at radius 1 is 1.36 bits per heavy atom. The summed E-state index contributed by atoms with van der Waals surface area (Å²) in [6.07, 6.45) is -4.28. The van der Waals surface area contributed by atoms with E-state index in [1.54, 1.807) is 6.07 Å². The standard InChI is InChI=1S/C15H19F3N2O2/c16-15(17,18)12-3-1-2-10(8-12)9-20-6-4-11(5-7-20)13(21)14(19)22/h1-3,8,11,13,21H,4-7,9H2,(H2,19,22)/t13-/m0/s1. The van der Waals surface area contributed by atoms with Crippen LogP contribution >= 0.6 is 0 Å². The largest absolute Gasteiger partial charge is 0.416 e. The number of hydrogen-bond donors (Lipinski definition) is 2.